The average Bonchev–Trinajstić information content (AvgIpc) is 3.25. The lowest BCUT2D eigenvalue weighted by molar-refractivity contribution is -0.384. The molecule has 0 saturated heterocycles. The molecule has 1 fully saturated rings. The van der Waals surface area contributed by atoms with E-state index in [1.54, 1.807) is 16.8 Å². The Morgan fingerprint density at radius 2 is 2.04 bits per heavy atom. The molecule has 7 heteroatoms. The summed E-state index contributed by atoms with van der Waals surface area (Å²) in [4.78, 5) is 10.4. The molecule has 1 unspecified atom stereocenters. The molecule has 1 aromatic heterocycles. The van der Waals surface area contributed by atoms with Gasteiger partial charge >= 0.3 is 0 Å². The van der Waals surface area contributed by atoms with Crippen LogP contribution in [0.25, 0.3) is 11.3 Å². The third-order valence-corrected chi connectivity index (χ3v) is 4.87. The van der Waals surface area contributed by atoms with Crippen LogP contribution in [0.3, 0.4) is 0 Å². The summed E-state index contributed by atoms with van der Waals surface area (Å²) in [5.41, 5.74) is 2.73. The molecule has 3 rings (SSSR count). The summed E-state index contributed by atoms with van der Waals surface area (Å²) in [5.74, 6) is 0.413. The topological polar surface area (TPSA) is 93.2 Å². The number of non-ortho nitro benzene ring substituents is 1. The van der Waals surface area contributed by atoms with Crippen LogP contribution in [0.2, 0.25) is 0 Å². The van der Waals surface area contributed by atoms with Crippen molar-refractivity contribution < 1.29 is 10.0 Å². The number of hydrogen-bond donors (Lipinski definition) is 2. The smallest absolute Gasteiger partial charge is 0.269 e. The Hall–Kier alpha value is -2.25. The summed E-state index contributed by atoms with van der Waals surface area (Å²) in [5, 5.41) is 28.8. The van der Waals surface area contributed by atoms with Crippen LogP contribution in [0.1, 0.15) is 31.2 Å². The summed E-state index contributed by atoms with van der Waals surface area (Å²) in [6, 6.07) is 6.42. The van der Waals surface area contributed by atoms with E-state index in [0.29, 0.717) is 19.0 Å². The highest BCUT2D eigenvalue weighted by Crippen LogP contribution is 2.28. The van der Waals surface area contributed by atoms with Crippen molar-refractivity contribution in [2.24, 2.45) is 13.0 Å². The third kappa shape index (κ3) is 4.24. The molecule has 134 valence electrons. The monoisotopic (exact) mass is 344 g/mol. The molecular weight excluding hydrogens is 320 g/mol. The molecule has 2 N–H and O–H groups in total. The first kappa shape index (κ1) is 17.6. The van der Waals surface area contributed by atoms with Gasteiger partial charge in [-0.05, 0) is 30.9 Å². The van der Waals surface area contributed by atoms with Crippen LogP contribution < -0.4 is 5.32 Å². The third-order valence-electron chi connectivity index (χ3n) is 4.87. The first-order valence-electron chi connectivity index (χ1n) is 8.70. The zero-order chi connectivity index (χ0) is 17.8. The highest BCUT2D eigenvalue weighted by atomic mass is 16.6. The van der Waals surface area contributed by atoms with E-state index in [1.807, 2.05) is 13.2 Å². The molecule has 1 atom stereocenters. The minimum atomic E-state index is -0.408. The normalized spacial score (nSPS) is 16.2. The molecular formula is C18H24N4O3. The van der Waals surface area contributed by atoms with Crippen molar-refractivity contribution >= 4 is 5.69 Å². The molecule has 1 heterocycles. The van der Waals surface area contributed by atoms with Crippen molar-refractivity contribution in [1.82, 2.24) is 15.1 Å². The zero-order valence-corrected chi connectivity index (χ0v) is 14.4. The number of rotatable bonds is 7. The molecule has 0 aliphatic heterocycles. The van der Waals surface area contributed by atoms with Crippen molar-refractivity contribution in [2.75, 3.05) is 6.54 Å². The van der Waals surface area contributed by atoms with Crippen molar-refractivity contribution in [3.63, 3.8) is 0 Å². The van der Waals surface area contributed by atoms with Crippen LogP contribution in [-0.4, -0.2) is 32.5 Å². The number of aliphatic hydroxyl groups is 1. The SMILES string of the molecule is Cn1cc(CNCC(O)C2CCCC2)c(-c2ccc([N+](=O)[O-])cc2)n1. The van der Waals surface area contributed by atoms with Crippen LogP contribution in [0.15, 0.2) is 30.5 Å². The van der Waals surface area contributed by atoms with Crippen LogP contribution >= 0.6 is 0 Å². The number of hydrogen-bond acceptors (Lipinski definition) is 5. The molecule has 7 nitrogen and oxygen atoms in total. The fourth-order valence-electron chi connectivity index (χ4n) is 3.51. The number of aryl methyl sites for hydroxylation is 1. The number of nitro groups is 1. The molecule has 2 aromatic rings. The predicted octanol–water partition coefficient (Wildman–Crippen LogP) is 2.64. The Bertz CT molecular complexity index is 720. The number of benzene rings is 1. The lowest BCUT2D eigenvalue weighted by atomic mass is 10.0. The molecule has 1 aliphatic rings. The maximum Gasteiger partial charge on any atom is 0.269 e. The molecule has 1 aromatic carbocycles. The van der Waals surface area contributed by atoms with E-state index < -0.39 is 4.92 Å². The van der Waals surface area contributed by atoms with Gasteiger partial charge in [-0.3, -0.25) is 14.8 Å². The largest absolute Gasteiger partial charge is 0.392 e. The standard InChI is InChI=1S/C18H24N4O3/c1-21-12-15(10-19-11-17(23)13-4-2-3-5-13)18(20-21)14-6-8-16(9-7-14)22(24)25/h6-9,12-13,17,19,23H,2-5,10-11H2,1H3. The second-order valence-corrected chi connectivity index (χ2v) is 6.72. The van der Waals surface area contributed by atoms with Gasteiger partial charge in [0.1, 0.15) is 0 Å². The van der Waals surface area contributed by atoms with E-state index in [-0.39, 0.29) is 11.8 Å². The lowest BCUT2D eigenvalue weighted by Gasteiger charge is -2.18. The summed E-state index contributed by atoms with van der Waals surface area (Å²) in [6.07, 6.45) is 6.30. The quantitative estimate of drug-likeness (QED) is 0.595. The summed E-state index contributed by atoms with van der Waals surface area (Å²) >= 11 is 0. The molecule has 25 heavy (non-hydrogen) atoms. The first-order chi connectivity index (χ1) is 12.0. The maximum atomic E-state index is 10.8. The highest BCUT2D eigenvalue weighted by Gasteiger charge is 2.22. The highest BCUT2D eigenvalue weighted by molar-refractivity contribution is 5.64. The summed E-state index contributed by atoms with van der Waals surface area (Å²) < 4.78 is 1.74. The van der Waals surface area contributed by atoms with Gasteiger partial charge in [-0.2, -0.15) is 5.10 Å². The average molecular weight is 344 g/mol. The number of aromatic nitrogens is 2. The van der Waals surface area contributed by atoms with Crippen molar-refractivity contribution in [2.45, 2.75) is 38.3 Å². The van der Waals surface area contributed by atoms with Gasteiger partial charge in [-0.25, -0.2) is 0 Å². The summed E-state index contributed by atoms with van der Waals surface area (Å²) in [7, 11) is 1.85. The second-order valence-electron chi connectivity index (χ2n) is 6.72. The van der Waals surface area contributed by atoms with Crippen molar-refractivity contribution in [3.8, 4) is 11.3 Å². The van der Waals surface area contributed by atoms with Gasteiger partial charge in [0.15, 0.2) is 0 Å². The van der Waals surface area contributed by atoms with Gasteiger partial charge in [0, 0.05) is 49.6 Å². The van der Waals surface area contributed by atoms with Gasteiger partial charge in [-0.1, -0.05) is 12.8 Å². The molecule has 0 spiro atoms. The zero-order valence-electron chi connectivity index (χ0n) is 14.4. The van der Waals surface area contributed by atoms with E-state index in [2.05, 4.69) is 10.4 Å². The van der Waals surface area contributed by atoms with Crippen LogP contribution in [-0.2, 0) is 13.6 Å². The Kier molecular flexibility index (Phi) is 5.45. The van der Waals surface area contributed by atoms with Gasteiger partial charge in [-0.15, -0.1) is 0 Å². The molecule has 1 aliphatic carbocycles. The van der Waals surface area contributed by atoms with E-state index in [1.165, 1.54) is 25.0 Å². The Labute approximate surface area is 146 Å². The Morgan fingerprint density at radius 3 is 2.68 bits per heavy atom. The van der Waals surface area contributed by atoms with Crippen LogP contribution in [0.5, 0.6) is 0 Å². The predicted molar refractivity (Wildman–Crippen MR) is 95.0 cm³/mol. The van der Waals surface area contributed by atoms with Gasteiger partial charge in [0.05, 0.1) is 16.7 Å². The fourth-order valence-corrected chi connectivity index (χ4v) is 3.51. The Balaban J connectivity index is 1.65. The maximum absolute atomic E-state index is 10.8. The molecule has 0 amide bonds. The van der Waals surface area contributed by atoms with Crippen LogP contribution in [0, 0.1) is 16.0 Å². The van der Waals surface area contributed by atoms with Crippen molar-refractivity contribution in [3.05, 3.63) is 46.1 Å². The molecule has 1 saturated carbocycles. The van der Waals surface area contributed by atoms with Gasteiger partial charge in [0.2, 0.25) is 0 Å². The van der Waals surface area contributed by atoms with Gasteiger partial charge < -0.3 is 10.4 Å². The van der Waals surface area contributed by atoms with Crippen molar-refractivity contribution in [1.29, 1.82) is 0 Å². The van der Waals surface area contributed by atoms with E-state index >= 15 is 0 Å². The minimum absolute atomic E-state index is 0.0686. The second kappa shape index (κ2) is 7.76. The van der Waals surface area contributed by atoms with E-state index in [4.69, 9.17) is 0 Å². The van der Waals surface area contributed by atoms with Crippen LogP contribution in [0.4, 0.5) is 5.69 Å². The first-order valence-corrected chi connectivity index (χ1v) is 8.70. The number of nitrogens with zero attached hydrogens (tertiary/aromatic N) is 3. The number of nitro benzene ring substituents is 1. The Morgan fingerprint density at radius 1 is 1.36 bits per heavy atom. The van der Waals surface area contributed by atoms with Gasteiger partial charge in [0.25, 0.3) is 5.69 Å². The fraction of sp³-hybridized carbons (Fsp3) is 0.500. The molecule has 0 radical (unpaired) electrons. The lowest BCUT2D eigenvalue weighted by Crippen LogP contribution is -2.31. The summed E-state index contributed by atoms with van der Waals surface area (Å²) in [6.45, 7) is 1.17. The molecule has 0 bridgehead atoms. The number of nitrogens with one attached hydrogen (secondary N) is 1. The van der Waals surface area contributed by atoms with E-state index in [0.717, 1.165) is 29.7 Å². The number of aliphatic hydroxyl groups excluding tert-OH is 1. The van der Waals surface area contributed by atoms with E-state index in [9.17, 15) is 15.2 Å². The minimum Gasteiger partial charge on any atom is -0.392 e.